The minimum Gasteiger partial charge on any atom is -0.481 e. The number of aryl methyl sites for hydroxylation is 3. The lowest BCUT2D eigenvalue weighted by atomic mass is 9.95. The fraction of sp³-hybridized carbons (Fsp3) is 0.372. The van der Waals surface area contributed by atoms with Crippen LogP contribution in [0.25, 0.3) is 0 Å². The Hall–Kier alpha value is -5.37. The third kappa shape index (κ3) is 10.7. The number of hydrogen-bond acceptors (Lipinski definition) is 8. The van der Waals surface area contributed by atoms with Gasteiger partial charge in [0.15, 0.2) is 0 Å². The van der Waals surface area contributed by atoms with E-state index >= 15 is 0 Å². The molecule has 0 saturated carbocycles. The number of amides is 3. The van der Waals surface area contributed by atoms with Crippen molar-refractivity contribution in [1.82, 2.24) is 9.80 Å². The lowest BCUT2D eigenvalue weighted by Crippen LogP contribution is -2.41. The molecule has 0 unspecified atom stereocenters. The second-order valence-corrected chi connectivity index (χ2v) is 15.5. The molecule has 1 saturated heterocycles. The molecular formula is C43H48N4O8S. The van der Waals surface area contributed by atoms with Crippen molar-refractivity contribution in [2.45, 2.75) is 70.4 Å². The highest BCUT2D eigenvalue weighted by Crippen LogP contribution is 2.39. The Labute approximate surface area is 330 Å². The van der Waals surface area contributed by atoms with E-state index in [0.29, 0.717) is 54.7 Å². The van der Waals surface area contributed by atoms with Gasteiger partial charge in [0.1, 0.15) is 5.00 Å². The van der Waals surface area contributed by atoms with Crippen molar-refractivity contribution in [2.24, 2.45) is 0 Å². The third-order valence-electron chi connectivity index (χ3n) is 10.4. The first-order chi connectivity index (χ1) is 27.0. The number of anilines is 2. The maximum Gasteiger partial charge on any atom is 0.335 e. The first-order valence-electron chi connectivity index (χ1n) is 19.1. The normalized spacial score (nSPS) is 14.9. The molecule has 2 aliphatic rings. The van der Waals surface area contributed by atoms with Crippen molar-refractivity contribution in [1.29, 1.82) is 0 Å². The summed E-state index contributed by atoms with van der Waals surface area (Å²) in [5.41, 5.74) is 5.94. The quantitative estimate of drug-likeness (QED) is 0.0933. The summed E-state index contributed by atoms with van der Waals surface area (Å²) in [4.78, 5) is 67.2. The van der Waals surface area contributed by atoms with Gasteiger partial charge in [-0.15, -0.1) is 11.3 Å². The highest BCUT2D eigenvalue weighted by molar-refractivity contribution is 7.17. The Kier molecular flexibility index (Phi) is 13.7. The van der Waals surface area contributed by atoms with Gasteiger partial charge in [0, 0.05) is 61.9 Å². The van der Waals surface area contributed by atoms with Crippen LogP contribution in [0.1, 0.15) is 90.3 Å². The number of rotatable bonds is 17. The molecule has 2 heterocycles. The smallest absolute Gasteiger partial charge is 0.335 e. The summed E-state index contributed by atoms with van der Waals surface area (Å²) in [5.74, 6) is -2.73. The topological polar surface area (TPSA) is 166 Å². The Morgan fingerprint density at radius 3 is 2.20 bits per heavy atom. The van der Waals surface area contributed by atoms with Gasteiger partial charge in [-0.05, 0) is 104 Å². The molecule has 1 atom stereocenters. The Morgan fingerprint density at radius 2 is 1.52 bits per heavy atom. The number of carboxylic acids is 2. The Balaban J connectivity index is 1.10. The molecule has 0 bridgehead atoms. The predicted molar refractivity (Wildman–Crippen MR) is 215 cm³/mol. The van der Waals surface area contributed by atoms with E-state index in [4.69, 9.17) is 14.9 Å². The SMILES string of the molecule is CN(CCN(Cc1cccc(C(=O)Nc2sc3c(c2C(=O)Nc2ccc(CCc4ccc(C(=O)O)cc4)cc2)CCCC3)c1)[C@@H]1CCOC1)C(=O)CCC(=O)O. The molecule has 56 heavy (non-hydrogen) atoms. The van der Waals surface area contributed by atoms with Crippen LogP contribution in [0.5, 0.6) is 0 Å². The molecule has 1 aromatic heterocycles. The van der Waals surface area contributed by atoms with Gasteiger partial charge in [-0.2, -0.15) is 0 Å². The van der Waals surface area contributed by atoms with Crippen molar-refractivity contribution in [3.63, 3.8) is 0 Å². The van der Waals surface area contributed by atoms with Gasteiger partial charge in [0.25, 0.3) is 11.8 Å². The van der Waals surface area contributed by atoms with Crippen molar-refractivity contribution in [3.05, 3.63) is 117 Å². The van der Waals surface area contributed by atoms with Gasteiger partial charge < -0.3 is 30.5 Å². The molecule has 1 fully saturated rings. The molecule has 13 heteroatoms. The largest absolute Gasteiger partial charge is 0.481 e. The Morgan fingerprint density at radius 1 is 0.804 bits per heavy atom. The molecule has 0 spiro atoms. The number of likely N-dealkylation sites (N-methyl/N-ethyl adjacent to an activating group) is 1. The van der Waals surface area contributed by atoms with Gasteiger partial charge in [-0.1, -0.05) is 36.4 Å². The van der Waals surface area contributed by atoms with Gasteiger partial charge in [0.2, 0.25) is 5.91 Å². The van der Waals surface area contributed by atoms with Crippen LogP contribution in [-0.2, 0) is 46.6 Å². The summed E-state index contributed by atoms with van der Waals surface area (Å²) in [6, 6.07) is 22.2. The number of hydrogen-bond donors (Lipinski definition) is 4. The molecule has 3 amide bonds. The summed E-state index contributed by atoms with van der Waals surface area (Å²) in [6.45, 7) is 2.75. The summed E-state index contributed by atoms with van der Waals surface area (Å²) in [7, 11) is 1.68. The van der Waals surface area contributed by atoms with Crippen molar-refractivity contribution in [3.8, 4) is 0 Å². The summed E-state index contributed by atoms with van der Waals surface area (Å²) in [5, 5.41) is 24.8. The van der Waals surface area contributed by atoms with E-state index in [2.05, 4.69) is 15.5 Å². The molecule has 0 radical (unpaired) electrons. The van der Waals surface area contributed by atoms with Crippen LogP contribution in [0.15, 0.2) is 72.8 Å². The zero-order valence-electron chi connectivity index (χ0n) is 31.6. The molecule has 294 valence electrons. The van der Waals surface area contributed by atoms with Crippen molar-refractivity contribution in [2.75, 3.05) is 44.0 Å². The number of aromatic carboxylic acids is 1. The summed E-state index contributed by atoms with van der Waals surface area (Å²) >= 11 is 1.47. The number of carboxylic acid groups (broad SMARTS) is 2. The number of ether oxygens (including phenoxy) is 1. The van der Waals surface area contributed by atoms with E-state index in [0.717, 1.165) is 72.1 Å². The average Bonchev–Trinajstić information content (AvgIpc) is 3.87. The number of aliphatic carboxylic acids is 1. The lowest BCUT2D eigenvalue weighted by molar-refractivity contribution is -0.140. The number of thiophene rings is 1. The van der Waals surface area contributed by atoms with Crippen LogP contribution in [-0.4, -0.2) is 89.1 Å². The first-order valence-corrected chi connectivity index (χ1v) is 19.9. The van der Waals surface area contributed by atoms with E-state index in [1.807, 2.05) is 54.6 Å². The second-order valence-electron chi connectivity index (χ2n) is 14.4. The van der Waals surface area contributed by atoms with Crippen LogP contribution in [0.3, 0.4) is 0 Å². The van der Waals surface area contributed by atoms with E-state index < -0.39 is 11.9 Å². The molecule has 1 aliphatic carbocycles. The predicted octanol–water partition coefficient (Wildman–Crippen LogP) is 6.53. The van der Waals surface area contributed by atoms with E-state index in [1.165, 1.54) is 11.3 Å². The molecular weight excluding hydrogens is 733 g/mol. The Bertz CT molecular complexity index is 2040. The minimum absolute atomic E-state index is 0.0454. The maximum absolute atomic E-state index is 13.9. The molecule has 1 aliphatic heterocycles. The lowest BCUT2D eigenvalue weighted by Gasteiger charge is -2.30. The summed E-state index contributed by atoms with van der Waals surface area (Å²) in [6.07, 6.45) is 5.75. The van der Waals surface area contributed by atoms with Crippen LogP contribution in [0.4, 0.5) is 10.7 Å². The molecule has 12 nitrogen and oxygen atoms in total. The second kappa shape index (κ2) is 19.0. The number of fused-ring (bicyclic) bond motifs is 1. The zero-order chi connectivity index (χ0) is 39.6. The zero-order valence-corrected chi connectivity index (χ0v) is 32.4. The molecule has 3 aromatic carbocycles. The van der Waals surface area contributed by atoms with Crippen LogP contribution >= 0.6 is 11.3 Å². The molecule has 4 N–H and O–H groups in total. The fourth-order valence-corrected chi connectivity index (χ4v) is 8.46. The number of benzene rings is 3. The monoisotopic (exact) mass is 780 g/mol. The third-order valence-corrected chi connectivity index (χ3v) is 11.6. The standard InChI is InChI=1S/C43H48N4O8S/c1-46(37(48)19-20-38(49)50)22-23-47(34-21-24-55-27-34)26-30-5-4-6-32(25-30)40(51)45-42-39(35-7-2-3-8-36(35)56-42)41(52)44-33-17-13-29(14-18-33)10-9-28-11-15-31(16-12-28)43(53)54/h4-6,11-18,25,34H,2-3,7-10,19-24,26-27H2,1H3,(H,44,52)(H,45,51)(H,49,50)(H,53,54)/t34-/m1/s1. The number of nitrogens with zero attached hydrogens (tertiary/aromatic N) is 2. The van der Waals surface area contributed by atoms with Crippen LogP contribution in [0, 0.1) is 0 Å². The molecule has 4 aromatic rings. The highest BCUT2D eigenvalue weighted by atomic mass is 32.1. The summed E-state index contributed by atoms with van der Waals surface area (Å²) < 4.78 is 5.67. The van der Waals surface area contributed by atoms with E-state index in [-0.39, 0.29) is 42.2 Å². The average molecular weight is 781 g/mol. The van der Waals surface area contributed by atoms with Crippen molar-refractivity contribution < 1.29 is 38.9 Å². The van der Waals surface area contributed by atoms with E-state index in [1.54, 1.807) is 30.1 Å². The van der Waals surface area contributed by atoms with Gasteiger partial charge in [0.05, 0.1) is 24.2 Å². The van der Waals surface area contributed by atoms with E-state index in [9.17, 15) is 24.0 Å². The maximum atomic E-state index is 13.9. The number of carbonyl (C=O) groups excluding carboxylic acids is 3. The first kappa shape index (κ1) is 40.3. The fourth-order valence-electron chi connectivity index (χ4n) is 7.17. The van der Waals surface area contributed by atoms with Gasteiger partial charge in [-0.25, -0.2) is 4.79 Å². The number of nitrogens with one attached hydrogen (secondary N) is 2. The van der Waals surface area contributed by atoms with Gasteiger partial charge >= 0.3 is 11.9 Å². The van der Waals surface area contributed by atoms with Crippen LogP contribution < -0.4 is 10.6 Å². The van der Waals surface area contributed by atoms with Crippen LogP contribution in [0.2, 0.25) is 0 Å². The highest BCUT2D eigenvalue weighted by Gasteiger charge is 2.28. The van der Waals surface area contributed by atoms with Gasteiger partial charge in [-0.3, -0.25) is 24.1 Å². The van der Waals surface area contributed by atoms with Crippen molar-refractivity contribution >= 4 is 51.7 Å². The molecule has 6 rings (SSSR count). The minimum atomic E-state index is -1.00. The number of carbonyl (C=O) groups is 5.